The number of aryl methyl sites for hydroxylation is 1. The number of nitrogens with zero attached hydrogens (tertiary/aromatic N) is 1. The van der Waals surface area contributed by atoms with Gasteiger partial charge in [0.15, 0.2) is 16.6 Å². The molecule has 0 bridgehead atoms. The van der Waals surface area contributed by atoms with Gasteiger partial charge in [-0.25, -0.2) is 4.39 Å². The fourth-order valence-electron chi connectivity index (χ4n) is 2.40. The molecule has 0 fully saturated rings. The number of hydrogen-bond donors (Lipinski definition) is 1. The number of rotatable bonds is 6. The van der Waals surface area contributed by atoms with Crippen molar-refractivity contribution in [2.75, 3.05) is 26.1 Å². The summed E-state index contributed by atoms with van der Waals surface area (Å²) in [4.78, 5) is 1.99. The molecule has 134 valence electrons. The molecule has 2 aromatic carbocycles. The van der Waals surface area contributed by atoms with Gasteiger partial charge in [-0.1, -0.05) is 12.1 Å². The first kappa shape index (κ1) is 19.0. The van der Waals surface area contributed by atoms with Crippen LogP contribution in [0.4, 0.5) is 10.1 Å². The van der Waals surface area contributed by atoms with Crippen molar-refractivity contribution >= 4 is 23.0 Å². The number of benzene rings is 2. The van der Waals surface area contributed by atoms with Crippen LogP contribution in [0.15, 0.2) is 36.4 Å². The fourth-order valence-corrected chi connectivity index (χ4v) is 2.71. The minimum absolute atomic E-state index is 0.254. The molecule has 0 aliphatic carbocycles. The first-order valence-electron chi connectivity index (χ1n) is 8.01. The van der Waals surface area contributed by atoms with Crippen molar-refractivity contribution in [3.8, 4) is 11.5 Å². The molecule has 1 N–H and O–H groups in total. The van der Waals surface area contributed by atoms with Gasteiger partial charge in [0.05, 0.1) is 14.2 Å². The Bertz CT molecular complexity index is 752. The van der Waals surface area contributed by atoms with Crippen LogP contribution in [0.1, 0.15) is 18.1 Å². The van der Waals surface area contributed by atoms with Gasteiger partial charge in [-0.05, 0) is 61.5 Å². The Morgan fingerprint density at radius 2 is 1.84 bits per heavy atom. The van der Waals surface area contributed by atoms with Crippen molar-refractivity contribution in [3.05, 3.63) is 53.3 Å². The predicted octanol–water partition coefficient (Wildman–Crippen LogP) is 4.37. The summed E-state index contributed by atoms with van der Waals surface area (Å²) in [6, 6.07) is 10.8. The van der Waals surface area contributed by atoms with Crippen LogP contribution in [-0.4, -0.2) is 30.8 Å². The van der Waals surface area contributed by atoms with Crippen molar-refractivity contribution in [2.45, 2.75) is 20.4 Å². The zero-order valence-electron chi connectivity index (χ0n) is 14.9. The molecule has 0 saturated heterocycles. The minimum atomic E-state index is -0.254. The van der Waals surface area contributed by atoms with Crippen molar-refractivity contribution in [1.82, 2.24) is 4.90 Å². The maximum Gasteiger partial charge on any atom is 0.173 e. The summed E-state index contributed by atoms with van der Waals surface area (Å²) < 4.78 is 24.3. The molecule has 0 aliphatic heterocycles. The van der Waals surface area contributed by atoms with Crippen LogP contribution in [0.5, 0.6) is 11.5 Å². The van der Waals surface area contributed by atoms with Crippen LogP contribution in [0.25, 0.3) is 0 Å². The highest BCUT2D eigenvalue weighted by molar-refractivity contribution is 7.80. The van der Waals surface area contributed by atoms with Crippen molar-refractivity contribution in [3.63, 3.8) is 0 Å². The molecule has 4 nitrogen and oxygen atoms in total. The van der Waals surface area contributed by atoms with E-state index in [2.05, 4.69) is 5.32 Å². The van der Waals surface area contributed by atoms with Crippen LogP contribution in [0.3, 0.4) is 0 Å². The topological polar surface area (TPSA) is 33.7 Å². The van der Waals surface area contributed by atoms with E-state index in [1.165, 1.54) is 6.07 Å². The van der Waals surface area contributed by atoms with E-state index in [4.69, 9.17) is 21.7 Å². The quantitative estimate of drug-likeness (QED) is 0.772. The van der Waals surface area contributed by atoms with Gasteiger partial charge in [-0.2, -0.15) is 0 Å². The molecular formula is C19H23FN2O2S. The second-order valence-corrected chi connectivity index (χ2v) is 5.98. The van der Waals surface area contributed by atoms with E-state index in [0.717, 1.165) is 5.56 Å². The van der Waals surface area contributed by atoms with Gasteiger partial charge in [-0.15, -0.1) is 0 Å². The second-order valence-electron chi connectivity index (χ2n) is 5.60. The summed E-state index contributed by atoms with van der Waals surface area (Å²) in [5, 5.41) is 3.64. The number of methoxy groups -OCH3 is 2. The van der Waals surface area contributed by atoms with Crippen molar-refractivity contribution < 1.29 is 13.9 Å². The lowest BCUT2D eigenvalue weighted by Gasteiger charge is -2.25. The highest BCUT2D eigenvalue weighted by Crippen LogP contribution is 2.28. The Labute approximate surface area is 153 Å². The summed E-state index contributed by atoms with van der Waals surface area (Å²) in [6.45, 7) is 5.07. The number of halogens is 1. The first-order valence-corrected chi connectivity index (χ1v) is 8.42. The van der Waals surface area contributed by atoms with Crippen molar-refractivity contribution in [2.24, 2.45) is 0 Å². The van der Waals surface area contributed by atoms with Crippen LogP contribution in [0.2, 0.25) is 0 Å². The van der Waals surface area contributed by atoms with Crippen LogP contribution in [0, 0.1) is 12.7 Å². The van der Waals surface area contributed by atoms with Crippen LogP contribution >= 0.6 is 12.2 Å². The third-order valence-electron chi connectivity index (χ3n) is 3.91. The van der Waals surface area contributed by atoms with E-state index in [9.17, 15) is 4.39 Å². The minimum Gasteiger partial charge on any atom is -0.493 e. The smallest absolute Gasteiger partial charge is 0.173 e. The van der Waals surface area contributed by atoms with E-state index in [-0.39, 0.29) is 5.82 Å². The second kappa shape index (κ2) is 8.67. The summed E-state index contributed by atoms with van der Waals surface area (Å²) in [5.41, 5.74) is 2.28. The highest BCUT2D eigenvalue weighted by Gasteiger charge is 2.12. The number of hydrogen-bond acceptors (Lipinski definition) is 3. The molecule has 2 aromatic rings. The van der Waals surface area contributed by atoms with E-state index in [0.29, 0.717) is 41.0 Å². The standard InChI is InChI=1S/C19H23FN2O2S/c1-5-22(12-14-7-9-17(23-3)18(10-14)24-4)19(25)21-15-8-6-13(2)16(20)11-15/h6-11H,5,12H2,1-4H3,(H,21,25). The van der Waals surface area contributed by atoms with Gasteiger partial charge in [0, 0.05) is 18.8 Å². The molecule has 0 saturated carbocycles. The van der Waals surface area contributed by atoms with Gasteiger partial charge in [0.2, 0.25) is 0 Å². The summed E-state index contributed by atoms with van der Waals surface area (Å²) in [6.07, 6.45) is 0. The zero-order chi connectivity index (χ0) is 18.4. The van der Waals surface area contributed by atoms with Gasteiger partial charge >= 0.3 is 0 Å². The molecule has 0 unspecified atom stereocenters. The lowest BCUT2D eigenvalue weighted by atomic mass is 10.2. The van der Waals surface area contributed by atoms with Gasteiger partial charge in [0.25, 0.3) is 0 Å². The Hall–Kier alpha value is -2.34. The third kappa shape index (κ3) is 4.82. The first-order chi connectivity index (χ1) is 12.0. The summed E-state index contributed by atoms with van der Waals surface area (Å²) >= 11 is 5.48. The molecule has 0 spiro atoms. The maximum atomic E-state index is 13.7. The van der Waals surface area contributed by atoms with Crippen LogP contribution in [-0.2, 0) is 6.54 Å². The number of ether oxygens (including phenoxy) is 2. The van der Waals surface area contributed by atoms with E-state index in [1.54, 1.807) is 27.2 Å². The Morgan fingerprint density at radius 1 is 1.12 bits per heavy atom. The molecular weight excluding hydrogens is 339 g/mol. The summed E-state index contributed by atoms with van der Waals surface area (Å²) in [5.74, 6) is 1.11. The lowest BCUT2D eigenvalue weighted by Crippen LogP contribution is -2.34. The summed E-state index contributed by atoms with van der Waals surface area (Å²) in [7, 11) is 3.22. The number of thiocarbonyl (C=S) groups is 1. The Balaban J connectivity index is 2.10. The normalized spacial score (nSPS) is 10.3. The van der Waals surface area contributed by atoms with Gasteiger partial charge in [-0.3, -0.25) is 0 Å². The number of anilines is 1. The molecule has 0 aromatic heterocycles. The highest BCUT2D eigenvalue weighted by atomic mass is 32.1. The average Bonchev–Trinajstić information content (AvgIpc) is 2.62. The Kier molecular flexibility index (Phi) is 6.58. The molecule has 2 rings (SSSR count). The molecule has 0 radical (unpaired) electrons. The molecule has 6 heteroatoms. The van der Waals surface area contributed by atoms with E-state index in [1.807, 2.05) is 36.1 Å². The largest absolute Gasteiger partial charge is 0.493 e. The Morgan fingerprint density at radius 3 is 2.44 bits per heavy atom. The zero-order valence-corrected chi connectivity index (χ0v) is 15.7. The maximum absolute atomic E-state index is 13.7. The van der Waals surface area contributed by atoms with Crippen molar-refractivity contribution in [1.29, 1.82) is 0 Å². The molecule has 25 heavy (non-hydrogen) atoms. The van der Waals surface area contributed by atoms with E-state index < -0.39 is 0 Å². The van der Waals surface area contributed by atoms with Crippen LogP contribution < -0.4 is 14.8 Å². The monoisotopic (exact) mass is 362 g/mol. The molecule has 0 aliphatic rings. The van der Waals surface area contributed by atoms with Gasteiger partial charge < -0.3 is 19.7 Å². The third-order valence-corrected chi connectivity index (χ3v) is 4.27. The lowest BCUT2D eigenvalue weighted by molar-refractivity contribution is 0.353. The molecule has 0 amide bonds. The fraction of sp³-hybridized carbons (Fsp3) is 0.316. The molecule has 0 atom stereocenters. The SMILES string of the molecule is CCN(Cc1ccc(OC)c(OC)c1)C(=S)Nc1ccc(C)c(F)c1. The van der Waals surface area contributed by atoms with E-state index >= 15 is 0 Å². The molecule has 0 heterocycles. The average molecular weight is 362 g/mol. The number of nitrogens with one attached hydrogen (secondary N) is 1. The predicted molar refractivity (Wildman–Crippen MR) is 103 cm³/mol. The van der Waals surface area contributed by atoms with Gasteiger partial charge in [0.1, 0.15) is 5.82 Å².